The number of carboxylic acid groups (broad SMARTS) is 2. The fraction of sp³-hybridized carbons (Fsp3) is 0. The van der Waals surface area contributed by atoms with Crippen molar-refractivity contribution in [3.63, 3.8) is 0 Å². The van der Waals surface area contributed by atoms with Crippen molar-refractivity contribution in [3.05, 3.63) is 53.6 Å². The molecule has 0 atom stereocenters. The summed E-state index contributed by atoms with van der Waals surface area (Å²) in [5.41, 5.74) is 1.01. The van der Waals surface area contributed by atoms with E-state index in [0.717, 1.165) is 16.3 Å². The lowest BCUT2D eigenvalue weighted by molar-refractivity contribution is 0.0696. The molecule has 0 saturated carbocycles. The summed E-state index contributed by atoms with van der Waals surface area (Å²) < 4.78 is 0.984. The zero-order chi connectivity index (χ0) is 15.7. The molecule has 1 aromatic heterocycles. The van der Waals surface area contributed by atoms with Crippen molar-refractivity contribution in [1.82, 2.24) is 4.98 Å². The van der Waals surface area contributed by atoms with Gasteiger partial charge in [0.25, 0.3) is 0 Å². The molecule has 3 aromatic rings. The van der Waals surface area contributed by atoms with Gasteiger partial charge in [-0.1, -0.05) is 23.5 Å². The molecule has 2 aromatic carbocycles. The molecule has 1 heterocycles. The van der Waals surface area contributed by atoms with E-state index in [1.165, 1.54) is 23.5 Å². The predicted molar refractivity (Wildman–Crippen MR) is 83.3 cm³/mol. The smallest absolute Gasteiger partial charge is 0.335 e. The Hall–Kier alpha value is -2.93. The van der Waals surface area contributed by atoms with Crippen LogP contribution in [0.5, 0.6) is 0 Å². The first kappa shape index (κ1) is 14.0. The van der Waals surface area contributed by atoms with E-state index in [1.54, 1.807) is 0 Å². The van der Waals surface area contributed by atoms with Crippen LogP contribution < -0.4 is 5.32 Å². The summed E-state index contributed by atoms with van der Waals surface area (Å²) >= 11 is 1.40. The number of nitrogens with zero attached hydrogens (tertiary/aromatic N) is 1. The summed E-state index contributed by atoms with van der Waals surface area (Å²) in [6, 6.07) is 11.4. The van der Waals surface area contributed by atoms with Crippen LogP contribution in [0.15, 0.2) is 42.5 Å². The molecule has 7 heteroatoms. The van der Waals surface area contributed by atoms with Gasteiger partial charge in [-0.3, -0.25) is 0 Å². The van der Waals surface area contributed by atoms with Crippen LogP contribution >= 0.6 is 11.3 Å². The van der Waals surface area contributed by atoms with Crippen LogP contribution in [-0.4, -0.2) is 27.1 Å². The zero-order valence-electron chi connectivity index (χ0n) is 11.1. The lowest BCUT2D eigenvalue weighted by atomic mass is 10.1. The molecular formula is C15H10N2O4S. The number of benzene rings is 2. The highest BCUT2D eigenvalue weighted by Crippen LogP contribution is 2.28. The molecule has 3 rings (SSSR count). The average Bonchev–Trinajstić information content (AvgIpc) is 2.88. The van der Waals surface area contributed by atoms with E-state index < -0.39 is 11.9 Å². The number of carbonyl (C=O) groups is 2. The molecule has 110 valence electrons. The molecule has 3 N–H and O–H groups in total. The molecule has 0 fully saturated rings. The maximum absolute atomic E-state index is 11.1. The van der Waals surface area contributed by atoms with E-state index in [0.29, 0.717) is 10.8 Å². The number of nitrogens with one attached hydrogen (secondary N) is 1. The monoisotopic (exact) mass is 314 g/mol. The van der Waals surface area contributed by atoms with Crippen molar-refractivity contribution in [2.45, 2.75) is 0 Å². The highest BCUT2D eigenvalue weighted by molar-refractivity contribution is 7.22. The van der Waals surface area contributed by atoms with Crippen molar-refractivity contribution in [1.29, 1.82) is 0 Å². The van der Waals surface area contributed by atoms with Crippen LogP contribution in [0, 0.1) is 0 Å². The molecule has 0 unspecified atom stereocenters. The van der Waals surface area contributed by atoms with Crippen LogP contribution in [0.3, 0.4) is 0 Å². The number of hydrogen-bond acceptors (Lipinski definition) is 5. The van der Waals surface area contributed by atoms with Crippen LogP contribution in [0.25, 0.3) is 10.2 Å². The van der Waals surface area contributed by atoms with Crippen molar-refractivity contribution in [3.8, 4) is 0 Å². The standard InChI is InChI=1S/C15H10N2O4S/c18-13(19)8-5-9(14(20)21)7-10(6-8)16-15-17-11-3-1-2-4-12(11)22-15/h1-7H,(H,16,17)(H,18,19)(H,20,21). The highest BCUT2D eigenvalue weighted by atomic mass is 32.1. The second-order valence-electron chi connectivity index (χ2n) is 4.52. The van der Waals surface area contributed by atoms with Gasteiger partial charge in [0.1, 0.15) is 0 Å². The fourth-order valence-corrected chi connectivity index (χ4v) is 2.88. The molecule has 0 bridgehead atoms. The van der Waals surface area contributed by atoms with Crippen LogP contribution in [0.2, 0.25) is 0 Å². The number of hydrogen-bond donors (Lipinski definition) is 3. The Morgan fingerprint density at radius 2 is 1.64 bits per heavy atom. The molecule has 0 aliphatic carbocycles. The topological polar surface area (TPSA) is 99.5 Å². The van der Waals surface area contributed by atoms with E-state index in [4.69, 9.17) is 10.2 Å². The number of aromatic carboxylic acids is 2. The minimum atomic E-state index is -1.18. The maximum Gasteiger partial charge on any atom is 0.335 e. The first-order valence-electron chi connectivity index (χ1n) is 6.27. The van der Waals surface area contributed by atoms with Crippen molar-refractivity contribution in [2.24, 2.45) is 0 Å². The molecule has 0 spiro atoms. The lowest BCUT2D eigenvalue weighted by Crippen LogP contribution is -2.04. The van der Waals surface area contributed by atoms with E-state index in [1.807, 2.05) is 24.3 Å². The third-order valence-corrected chi connectivity index (χ3v) is 3.92. The van der Waals surface area contributed by atoms with Gasteiger partial charge in [0.15, 0.2) is 5.13 Å². The number of anilines is 2. The van der Waals surface area contributed by atoms with Crippen molar-refractivity contribution in [2.75, 3.05) is 5.32 Å². The van der Waals surface area contributed by atoms with Gasteiger partial charge in [0.2, 0.25) is 0 Å². The Balaban J connectivity index is 2.00. The number of thiazole rings is 1. The number of carboxylic acids is 2. The molecule has 0 radical (unpaired) electrons. The van der Waals surface area contributed by atoms with E-state index in [2.05, 4.69) is 10.3 Å². The Morgan fingerprint density at radius 3 is 2.23 bits per heavy atom. The highest BCUT2D eigenvalue weighted by Gasteiger charge is 2.12. The maximum atomic E-state index is 11.1. The van der Waals surface area contributed by atoms with Gasteiger partial charge in [-0.05, 0) is 30.3 Å². The Morgan fingerprint density at radius 1 is 1.00 bits per heavy atom. The van der Waals surface area contributed by atoms with Crippen LogP contribution in [0.1, 0.15) is 20.7 Å². The molecular weight excluding hydrogens is 304 g/mol. The van der Waals surface area contributed by atoms with Gasteiger partial charge >= 0.3 is 11.9 Å². The third kappa shape index (κ3) is 2.75. The average molecular weight is 314 g/mol. The Bertz CT molecular complexity index is 823. The molecule has 22 heavy (non-hydrogen) atoms. The predicted octanol–water partition coefficient (Wildman–Crippen LogP) is 3.44. The van der Waals surface area contributed by atoms with Gasteiger partial charge in [0, 0.05) is 5.69 Å². The van der Waals surface area contributed by atoms with Crippen LogP contribution in [-0.2, 0) is 0 Å². The van der Waals surface area contributed by atoms with Gasteiger partial charge in [-0.2, -0.15) is 0 Å². The molecule has 6 nitrogen and oxygen atoms in total. The summed E-state index contributed by atoms with van der Waals surface area (Å²) in [4.78, 5) is 26.5. The van der Waals surface area contributed by atoms with Gasteiger partial charge in [0.05, 0.1) is 21.3 Å². The summed E-state index contributed by atoms with van der Waals surface area (Å²) in [5, 5.41) is 21.7. The zero-order valence-corrected chi connectivity index (χ0v) is 11.9. The normalized spacial score (nSPS) is 10.5. The minimum absolute atomic E-state index is 0.0940. The lowest BCUT2D eigenvalue weighted by Gasteiger charge is -2.06. The summed E-state index contributed by atoms with van der Waals surface area (Å²) in [5.74, 6) is -2.37. The number of para-hydroxylation sites is 1. The second-order valence-corrected chi connectivity index (χ2v) is 5.55. The third-order valence-electron chi connectivity index (χ3n) is 2.97. The number of aromatic nitrogens is 1. The number of rotatable bonds is 4. The van der Waals surface area contributed by atoms with Crippen molar-refractivity contribution >= 4 is 44.3 Å². The largest absolute Gasteiger partial charge is 0.478 e. The SMILES string of the molecule is O=C(O)c1cc(Nc2nc3ccccc3s2)cc(C(=O)O)c1. The molecule has 0 saturated heterocycles. The number of fused-ring (bicyclic) bond motifs is 1. The van der Waals surface area contributed by atoms with E-state index in [9.17, 15) is 9.59 Å². The first-order valence-corrected chi connectivity index (χ1v) is 7.09. The first-order chi connectivity index (χ1) is 10.5. The summed E-state index contributed by atoms with van der Waals surface area (Å²) in [6.07, 6.45) is 0. The minimum Gasteiger partial charge on any atom is -0.478 e. The van der Waals surface area contributed by atoms with Gasteiger partial charge in [-0.25, -0.2) is 14.6 Å². The molecule has 0 aliphatic rings. The summed E-state index contributed by atoms with van der Waals surface area (Å²) in [6.45, 7) is 0. The Kier molecular flexibility index (Phi) is 3.48. The van der Waals surface area contributed by atoms with Gasteiger partial charge < -0.3 is 15.5 Å². The van der Waals surface area contributed by atoms with E-state index in [-0.39, 0.29) is 11.1 Å². The summed E-state index contributed by atoms with van der Waals surface area (Å²) in [7, 11) is 0. The fourth-order valence-electron chi connectivity index (χ4n) is 2.00. The van der Waals surface area contributed by atoms with Crippen molar-refractivity contribution < 1.29 is 19.8 Å². The quantitative estimate of drug-likeness (QED) is 0.682. The second kappa shape index (κ2) is 5.45. The van der Waals surface area contributed by atoms with E-state index >= 15 is 0 Å². The molecule has 0 amide bonds. The van der Waals surface area contributed by atoms with Crippen LogP contribution in [0.4, 0.5) is 10.8 Å². The molecule has 0 aliphatic heterocycles. The Labute approximate surface area is 128 Å². The van der Waals surface area contributed by atoms with Gasteiger partial charge in [-0.15, -0.1) is 0 Å².